The van der Waals surface area contributed by atoms with Gasteiger partial charge in [-0.15, -0.1) is 0 Å². The summed E-state index contributed by atoms with van der Waals surface area (Å²) in [5, 5.41) is 14.2. The van der Waals surface area contributed by atoms with Crippen molar-refractivity contribution < 1.29 is 19.4 Å². The monoisotopic (exact) mass is 332 g/mol. The molecule has 1 aromatic heterocycles. The van der Waals surface area contributed by atoms with Crippen molar-refractivity contribution >= 4 is 5.97 Å². The Kier molecular flexibility index (Phi) is 6.11. The van der Waals surface area contributed by atoms with Crippen LogP contribution in [0.1, 0.15) is 35.6 Å². The number of ether oxygens (including phenoxy) is 2. The minimum absolute atomic E-state index is 0.0175. The first kappa shape index (κ1) is 18.2. The molecular formula is C18H24N2O4. The Morgan fingerprint density at radius 1 is 1.21 bits per heavy atom. The highest BCUT2D eigenvalue weighted by atomic mass is 16.5. The highest BCUT2D eigenvalue weighted by molar-refractivity contribution is 5.92. The van der Waals surface area contributed by atoms with E-state index in [2.05, 4.69) is 5.10 Å². The van der Waals surface area contributed by atoms with Crippen LogP contribution < -0.4 is 0 Å². The van der Waals surface area contributed by atoms with E-state index < -0.39 is 12.1 Å². The summed E-state index contributed by atoms with van der Waals surface area (Å²) in [7, 11) is 0. The number of aromatic nitrogens is 2. The van der Waals surface area contributed by atoms with E-state index in [0.29, 0.717) is 17.0 Å². The van der Waals surface area contributed by atoms with Gasteiger partial charge in [0.1, 0.15) is 18.3 Å². The average Bonchev–Trinajstić information content (AvgIpc) is 2.86. The van der Waals surface area contributed by atoms with Crippen molar-refractivity contribution in [3.8, 4) is 5.69 Å². The number of carbonyl (C=O) groups is 1. The van der Waals surface area contributed by atoms with E-state index in [1.165, 1.54) is 0 Å². The Morgan fingerprint density at radius 3 is 2.50 bits per heavy atom. The van der Waals surface area contributed by atoms with E-state index in [4.69, 9.17) is 9.47 Å². The molecule has 0 bridgehead atoms. The number of benzene rings is 1. The fourth-order valence-corrected chi connectivity index (χ4v) is 2.35. The molecular weight excluding hydrogens is 308 g/mol. The van der Waals surface area contributed by atoms with Gasteiger partial charge in [-0.05, 0) is 39.8 Å². The third-order valence-electron chi connectivity index (χ3n) is 3.52. The first-order valence-corrected chi connectivity index (χ1v) is 7.98. The van der Waals surface area contributed by atoms with Gasteiger partial charge in [0.15, 0.2) is 0 Å². The van der Waals surface area contributed by atoms with Crippen LogP contribution in [-0.4, -0.2) is 46.3 Å². The highest BCUT2D eigenvalue weighted by Gasteiger charge is 2.21. The fraction of sp³-hybridized carbons (Fsp3) is 0.444. The van der Waals surface area contributed by atoms with Crippen LogP contribution in [0.2, 0.25) is 0 Å². The van der Waals surface area contributed by atoms with Gasteiger partial charge in [0, 0.05) is 0 Å². The zero-order valence-corrected chi connectivity index (χ0v) is 14.5. The highest BCUT2D eigenvalue weighted by Crippen LogP contribution is 2.18. The fourth-order valence-electron chi connectivity index (χ4n) is 2.35. The molecule has 1 heterocycles. The topological polar surface area (TPSA) is 73.6 Å². The summed E-state index contributed by atoms with van der Waals surface area (Å²) in [5.74, 6) is -0.490. The number of esters is 1. The number of hydrogen-bond acceptors (Lipinski definition) is 5. The lowest BCUT2D eigenvalue weighted by molar-refractivity contribution is -0.0269. The van der Waals surface area contributed by atoms with Gasteiger partial charge in [-0.2, -0.15) is 5.10 Å². The molecule has 0 saturated heterocycles. The van der Waals surface area contributed by atoms with Gasteiger partial charge in [-0.25, -0.2) is 9.48 Å². The first-order chi connectivity index (χ1) is 11.4. The molecule has 1 atom stereocenters. The van der Waals surface area contributed by atoms with Gasteiger partial charge in [0.25, 0.3) is 0 Å². The van der Waals surface area contributed by atoms with E-state index in [-0.39, 0.29) is 19.3 Å². The molecule has 130 valence electrons. The standard InChI is InChI=1S/C18H24N2O4/c1-12(2)23-10-16(21)11-24-18(22)17-13(3)19-20(14(17)4)15-8-6-5-7-9-15/h5-9,12,16,21H,10-11H2,1-4H3/t16-/m0/s1. The van der Waals surface area contributed by atoms with Crippen molar-refractivity contribution in [1.29, 1.82) is 0 Å². The van der Waals surface area contributed by atoms with Crippen molar-refractivity contribution in [3.05, 3.63) is 47.3 Å². The van der Waals surface area contributed by atoms with Crippen molar-refractivity contribution in [3.63, 3.8) is 0 Å². The zero-order chi connectivity index (χ0) is 17.7. The summed E-state index contributed by atoms with van der Waals surface area (Å²) in [6.07, 6.45) is -0.829. The molecule has 0 aliphatic carbocycles. The maximum Gasteiger partial charge on any atom is 0.342 e. The largest absolute Gasteiger partial charge is 0.459 e. The summed E-state index contributed by atoms with van der Waals surface area (Å²) >= 11 is 0. The van der Waals surface area contributed by atoms with Crippen LogP contribution in [0.3, 0.4) is 0 Å². The Hall–Kier alpha value is -2.18. The molecule has 2 aromatic rings. The number of aryl methyl sites for hydroxylation is 1. The van der Waals surface area contributed by atoms with Crippen molar-refractivity contribution in [2.24, 2.45) is 0 Å². The lowest BCUT2D eigenvalue weighted by Gasteiger charge is -2.13. The second-order valence-electron chi connectivity index (χ2n) is 5.93. The molecule has 2 rings (SSSR count). The lowest BCUT2D eigenvalue weighted by atomic mass is 10.2. The van der Waals surface area contributed by atoms with Crippen LogP contribution in [0, 0.1) is 13.8 Å². The van der Waals surface area contributed by atoms with E-state index in [0.717, 1.165) is 5.69 Å². The van der Waals surface area contributed by atoms with Gasteiger partial charge < -0.3 is 14.6 Å². The molecule has 0 amide bonds. The van der Waals surface area contributed by atoms with Crippen molar-refractivity contribution in [2.45, 2.75) is 39.9 Å². The molecule has 0 saturated carbocycles. The Balaban J connectivity index is 2.06. The molecule has 0 spiro atoms. The van der Waals surface area contributed by atoms with E-state index in [1.54, 1.807) is 11.6 Å². The Bertz CT molecular complexity index is 680. The molecule has 0 unspecified atom stereocenters. The molecule has 24 heavy (non-hydrogen) atoms. The van der Waals surface area contributed by atoms with Gasteiger partial charge in [0.05, 0.1) is 29.8 Å². The summed E-state index contributed by atoms with van der Waals surface area (Å²) in [4.78, 5) is 12.3. The number of aliphatic hydroxyl groups is 1. The quantitative estimate of drug-likeness (QED) is 0.788. The van der Waals surface area contributed by atoms with Crippen LogP contribution in [0.15, 0.2) is 30.3 Å². The Labute approximate surface area is 142 Å². The number of carbonyl (C=O) groups excluding carboxylic acids is 1. The third kappa shape index (κ3) is 4.43. The van der Waals surface area contributed by atoms with Crippen LogP contribution in [0.25, 0.3) is 5.69 Å². The van der Waals surface area contributed by atoms with Crippen LogP contribution >= 0.6 is 0 Å². The molecule has 6 nitrogen and oxygen atoms in total. The molecule has 6 heteroatoms. The molecule has 1 N–H and O–H groups in total. The average molecular weight is 332 g/mol. The number of aliphatic hydroxyl groups excluding tert-OH is 1. The summed E-state index contributed by atoms with van der Waals surface area (Å²) in [6, 6.07) is 9.58. The van der Waals surface area contributed by atoms with Gasteiger partial charge >= 0.3 is 5.97 Å². The maximum absolute atomic E-state index is 12.3. The smallest absolute Gasteiger partial charge is 0.342 e. The minimum Gasteiger partial charge on any atom is -0.459 e. The van der Waals surface area contributed by atoms with Crippen LogP contribution in [-0.2, 0) is 9.47 Å². The van der Waals surface area contributed by atoms with E-state index in [1.807, 2.05) is 51.1 Å². The second-order valence-corrected chi connectivity index (χ2v) is 5.93. The number of rotatable bonds is 7. The van der Waals surface area contributed by atoms with Crippen molar-refractivity contribution in [2.75, 3.05) is 13.2 Å². The minimum atomic E-state index is -0.846. The maximum atomic E-state index is 12.3. The zero-order valence-electron chi connectivity index (χ0n) is 14.5. The number of hydrogen-bond donors (Lipinski definition) is 1. The molecule has 0 aliphatic heterocycles. The molecule has 1 aromatic carbocycles. The van der Waals surface area contributed by atoms with Gasteiger partial charge in [0.2, 0.25) is 0 Å². The second kappa shape index (κ2) is 8.08. The van der Waals surface area contributed by atoms with Gasteiger partial charge in [-0.1, -0.05) is 18.2 Å². The summed E-state index contributed by atoms with van der Waals surface area (Å²) < 4.78 is 12.2. The SMILES string of the molecule is Cc1nn(-c2ccccc2)c(C)c1C(=O)OC[C@@H](O)COC(C)C. The molecule has 0 radical (unpaired) electrons. The lowest BCUT2D eigenvalue weighted by Crippen LogP contribution is -2.25. The summed E-state index contributed by atoms with van der Waals surface area (Å²) in [5.41, 5.74) is 2.60. The molecule has 0 aliphatic rings. The van der Waals surface area contributed by atoms with Crippen LogP contribution in [0.4, 0.5) is 0 Å². The Morgan fingerprint density at radius 2 is 1.88 bits per heavy atom. The molecule has 0 fully saturated rings. The predicted octanol–water partition coefficient (Wildman–Crippen LogP) is 2.43. The predicted molar refractivity (Wildman–Crippen MR) is 90.4 cm³/mol. The third-order valence-corrected chi connectivity index (χ3v) is 3.52. The normalized spacial score (nSPS) is 12.4. The number of para-hydroxylation sites is 1. The van der Waals surface area contributed by atoms with E-state index in [9.17, 15) is 9.90 Å². The van der Waals surface area contributed by atoms with Crippen LogP contribution in [0.5, 0.6) is 0 Å². The number of nitrogens with zero attached hydrogens (tertiary/aromatic N) is 2. The first-order valence-electron chi connectivity index (χ1n) is 7.98. The summed E-state index contributed by atoms with van der Waals surface area (Å²) in [6.45, 7) is 7.36. The van der Waals surface area contributed by atoms with Gasteiger partial charge in [-0.3, -0.25) is 0 Å². The van der Waals surface area contributed by atoms with Crippen molar-refractivity contribution in [1.82, 2.24) is 9.78 Å². The van der Waals surface area contributed by atoms with E-state index >= 15 is 0 Å².